The van der Waals surface area contributed by atoms with Gasteiger partial charge in [-0.05, 0) is 30.3 Å². The fraction of sp³-hybridized carbons (Fsp3) is 0.0714. The minimum absolute atomic E-state index is 0.0232. The largest absolute Gasteiger partial charge is 0.433 e. The van der Waals surface area contributed by atoms with E-state index in [4.69, 9.17) is 23.2 Å². The second kappa shape index (κ2) is 7.06. The first-order chi connectivity index (χ1) is 11.2. The van der Waals surface area contributed by atoms with Crippen LogP contribution in [0.15, 0.2) is 36.5 Å². The molecule has 0 aliphatic heterocycles. The highest BCUT2D eigenvalue weighted by Crippen LogP contribution is 2.27. The number of hydrogen-bond donors (Lipinski definition) is 2. The van der Waals surface area contributed by atoms with Gasteiger partial charge in [-0.2, -0.15) is 13.2 Å². The van der Waals surface area contributed by atoms with Gasteiger partial charge in [-0.25, -0.2) is 0 Å². The molecule has 1 aromatic carbocycles. The van der Waals surface area contributed by atoms with Gasteiger partial charge in [0.1, 0.15) is 5.69 Å². The molecule has 0 saturated carbocycles. The summed E-state index contributed by atoms with van der Waals surface area (Å²) in [6, 6.07) is 5.77. The van der Waals surface area contributed by atoms with Crippen molar-refractivity contribution in [2.24, 2.45) is 0 Å². The van der Waals surface area contributed by atoms with Crippen molar-refractivity contribution < 1.29 is 22.8 Å². The Kier molecular flexibility index (Phi) is 5.30. The number of carbonyl (C=O) groups excluding carboxylic acids is 2. The number of hydrazine groups is 1. The number of aromatic nitrogens is 1. The van der Waals surface area contributed by atoms with Crippen LogP contribution in [0.3, 0.4) is 0 Å². The summed E-state index contributed by atoms with van der Waals surface area (Å²) in [5.74, 6) is -1.58. The van der Waals surface area contributed by atoms with Gasteiger partial charge in [-0.3, -0.25) is 25.4 Å². The molecule has 5 nitrogen and oxygen atoms in total. The molecule has 2 N–H and O–H groups in total. The number of carbonyl (C=O) groups is 2. The topological polar surface area (TPSA) is 71.1 Å². The summed E-state index contributed by atoms with van der Waals surface area (Å²) in [4.78, 5) is 26.8. The number of amides is 2. The third kappa shape index (κ3) is 4.36. The summed E-state index contributed by atoms with van der Waals surface area (Å²) in [5, 5.41) is 0.380. The lowest BCUT2D eigenvalue weighted by Gasteiger charge is -2.09. The first kappa shape index (κ1) is 18.0. The summed E-state index contributed by atoms with van der Waals surface area (Å²) in [5.41, 5.74) is 2.85. The Hall–Kier alpha value is -2.32. The van der Waals surface area contributed by atoms with Crippen LogP contribution < -0.4 is 10.9 Å². The summed E-state index contributed by atoms with van der Waals surface area (Å²) in [6.45, 7) is 0. The monoisotopic (exact) mass is 377 g/mol. The average molecular weight is 378 g/mol. The smallest absolute Gasteiger partial charge is 0.267 e. The van der Waals surface area contributed by atoms with Crippen LogP contribution in [0.1, 0.15) is 26.4 Å². The summed E-state index contributed by atoms with van der Waals surface area (Å²) in [7, 11) is 0. The molecule has 2 rings (SSSR count). The Morgan fingerprint density at radius 3 is 2.25 bits per heavy atom. The molecule has 1 aromatic heterocycles. The molecule has 0 atom stereocenters. The molecule has 0 radical (unpaired) electrons. The highest BCUT2D eigenvalue weighted by Gasteiger charge is 2.32. The van der Waals surface area contributed by atoms with Gasteiger partial charge in [0.05, 0.1) is 16.1 Å². The van der Waals surface area contributed by atoms with Gasteiger partial charge in [0.25, 0.3) is 11.8 Å². The second-order valence-corrected chi connectivity index (χ2v) is 5.31. The van der Waals surface area contributed by atoms with Gasteiger partial charge in [0, 0.05) is 11.2 Å². The minimum Gasteiger partial charge on any atom is -0.267 e. The fourth-order valence-corrected chi connectivity index (χ4v) is 2.00. The zero-order valence-electron chi connectivity index (χ0n) is 11.6. The molecule has 0 spiro atoms. The standard InChI is InChI=1S/C14H8Cl2F3N3O2/c15-8-2-3-10(16)9(5-8)13(24)22-21-12(23)7-1-4-11(20-6-7)14(17,18)19/h1-6H,(H,21,23)(H,22,24). The first-order valence-corrected chi connectivity index (χ1v) is 7.03. The molecule has 0 aliphatic carbocycles. The van der Waals surface area contributed by atoms with E-state index in [1.165, 1.54) is 18.2 Å². The van der Waals surface area contributed by atoms with Crippen molar-refractivity contribution in [2.45, 2.75) is 6.18 Å². The third-order valence-electron chi connectivity index (χ3n) is 2.78. The van der Waals surface area contributed by atoms with Gasteiger partial charge < -0.3 is 0 Å². The zero-order chi connectivity index (χ0) is 17.9. The van der Waals surface area contributed by atoms with Crippen LogP contribution in [0, 0.1) is 0 Å². The molecular formula is C14H8Cl2F3N3O2. The number of rotatable bonds is 2. The lowest BCUT2D eigenvalue weighted by molar-refractivity contribution is -0.141. The van der Waals surface area contributed by atoms with E-state index < -0.39 is 23.7 Å². The van der Waals surface area contributed by atoms with E-state index in [2.05, 4.69) is 10.4 Å². The van der Waals surface area contributed by atoms with Gasteiger partial charge in [-0.1, -0.05) is 23.2 Å². The molecule has 0 aliphatic rings. The maximum Gasteiger partial charge on any atom is 0.433 e. The van der Waals surface area contributed by atoms with Gasteiger partial charge in [-0.15, -0.1) is 0 Å². The van der Waals surface area contributed by atoms with Crippen LogP contribution in [-0.2, 0) is 6.18 Å². The zero-order valence-corrected chi connectivity index (χ0v) is 13.1. The van der Waals surface area contributed by atoms with Crippen LogP contribution in [-0.4, -0.2) is 16.8 Å². The first-order valence-electron chi connectivity index (χ1n) is 6.27. The highest BCUT2D eigenvalue weighted by molar-refractivity contribution is 6.35. The molecule has 0 saturated heterocycles. The minimum atomic E-state index is -4.60. The Bertz CT molecular complexity index is 780. The molecule has 0 bridgehead atoms. The summed E-state index contributed by atoms with van der Waals surface area (Å²) in [6.07, 6.45) is -3.86. The molecule has 2 amide bonds. The van der Waals surface area contributed by atoms with Gasteiger partial charge >= 0.3 is 6.18 Å². The van der Waals surface area contributed by atoms with E-state index in [0.717, 1.165) is 12.3 Å². The van der Waals surface area contributed by atoms with Crippen molar-refractivity contribution in [1.29, 1.82) is 0 Å². The molecule has 2 aromatic rings. The molecule has 0 unspecified atom stereocenters. The Balaban J connectivity index is 2.02. The lowest BCUT2D eigenvalue weighted by atomic mass is 10.2. The van der Waals surface area contributed by atoms with Crippen LogP contribution >= 0.6 is 23.2 Å². The van der Waals surface area contributed by atoms with Crippen LogP contribution in [0.5, 0.6) is 0 Å². The van der Waals surface area contributed by atoms with E-state index >= 15 is 0 Å². The van der Waals surface area contributed by atoms with Crippen molar-refractivity contribution in [3.63, 3.8) is 0 Å². The highest BCUT2D eigenvalue weighted by atomic mass is 35.5. The van der Waals surface area contributed by atoms with Crippen molar-refractivity contribution in [2.75, 3.05) is 0 Å². The number of nitrogens with zero attached hydrogens (tertiary/aromatic N) is 1. The van der Waals surface area contributed by atoms with E-state index in [1.807, 2.05) is 5.43 Å². The van der Waals surface area contributed by atoms with E-state index in [1.54, 1.807) is 0 Å². The van der Waals surface area contributed by atoms with Gasteiger partial charge in [0.15, 0.2) is 0 Å². The predicted molar refractivity (Wildman–Crippen MR) is 80.6 cm³/mol. The molecule has 10 heteroatoms. The summed E-state index contributed by atoms with van der Waals surface area (Å²) >= 11 is 11.6. The number of hydrogen-bond acceptors (Lipinski definition) is 3. The van der Waals surface area contributed by atoms with Crippen molar-refractivity contribution in [3.05, 3.63) is 63.4 Å². The maximum absolute atomic E-state index is 12.4. The van der Waals surface area contributed by atoms with Gasteiger partial charge in [0.2, 0.25) is 0 Å². The SMILES string of the molecule is O=C(NNC(=O)c1cc(Cl)ccc1Cl)c1ccc(C(F)(F)F)nc1. The van der Waals surface area contributed by atoms with Crippen LogP contribution in [0.25, 0.3) is 0 Å². The Labute approximate surface area is 143 Å². The van der Waals surface area contributed by atoms with Crippen molar-refractivity contribution in [1.82, 2.24) is 15.8 Å². The molecule has 1 heterocycles. The van der Waals surface area contributed by atoms with E-state index in [-0.39, 0.29) is 21.2 Å². The fourth-order valence-electron chi connectivity index (χ4n) is 1.62. The Morgan fingerprint density at radius 2 is 1.67 bits per heavy atom. The van der Waals surface area contributed by atoms with Crippen LogP contribution in [0.2, 0.25) is 10.0 Å². The molecular weight excluding hydrogens is 370 g/mol. The predicted octanol–water partition coefficient (Wildman–Crippen LogP) is 3.48. The number of pyridine rings is 1. The Morgan fingerprint density at radius 1 is 1.00 bits per heavy atom. The summed E-state index contributed by atoms with van der Waals surface area (Å²) < 4.78 is 37.2. The number of alkyl halides is 3. The molecule has 0 fully saturated rings. The van der Waals surface area contributed by atoms with Crippen LogP contribution in [0.4, 0.5) is 13.2 Å². The van der Waals surface area contributed by atoms with E-state index in [0.29, 0.717) is 6.07 Å². The molecule has 126 valence electrons. The number of halogens is 5. The second-order valence-electron chi connectivity index (χ2n) is 4.46. The quantitative estimate of drug-likeness (QED) is 0.787. The van der Waals surface area contributed by atoms with E-state index in [9.17, 15) is 22.8 Å². The average Bonchev–Trinajstić information content (AvgIpc) is 2.53. The normalized spacial score (nSPS) is 11.0. The lowest BCUT2D eigenvalue weighted by Crippen LogP contribution is -2.41. The number of benzene rings is 1. The van der Waals surface area contributed by atoms with Crippen molar-refractivity contribution in [3.8, 4) is 0 Å². The third-order valence-corrected chi connectivity index (χ3v) is 3.34. The maximum atomic E-state index is 12.4. The number of nitrogens with one attached hydrogen (secondary N) is 2. The van der Waals surface area contributed by atoms with Crippen molar-refractivity contribution >= 4 is 35.0 Å². The molecule has 24 heavy (non-hydrogen) atoms.